The minimum Gasteiger partial charge on any atom is -0.473 e. The third-order valence-corrected chi connectivity index (χ3v) is 4.83. The van der Waals surface area contributed by atoms with Gasteiger partial charge in [-0.25, -0.2) is 0 Å². The lowest BCUT2D eigenvalue weighted by Crippen LogP contribution is -1.96. The van der Waals surface area contributed by atoms with E-state index in [1.54, 1.807) is 12.5 Å². The molecule has 1 nitrogen and oxygen atoms in total. The van der Waals surface area contributed by atoms with E-state index in [1.807, 2.05) is 12.2 Å². The highest BCUT2D eigenvalue weighted by Crippen LogP contribution is 2.17. The summed E-state index contributed by atoms with van der Waals surface area (Å²) in [6, 6.07) is 0. The average molecular weight is 347 g/mol. The third kappa shape index (κ3) is 16.0. The topological polar surface area (TPSA) is 9.23 Å². The van der Waals surface area contributed by atoms with Crippen LogP contribution in [-0.2, 0) is 4.74 Å². The fourth-order valence-corrected chi connectivity index (χ4v) is 2.89. The van der Waals surface area contributed by atoms with Gasteiger partial charge in [-0.1, -0.05) is 103 Å². The summed E-state index contributed by atoms with van der Waals surface area (Å²) in [6.07, 6.45) is 29.0. The third-order valence-electron chi connectivity index (χ3n) is 4.83. The average Bonchev–Trinajstić information content (AvgIpc) is 2.64. The Kier molecular flexibility index (Phi) is 18.1. The van der Waals surface area contributed by atoms with Gasteiger partial charge in [-0.3, -0.25) is 0 Å². The van der Waals surface area contributed by atoms with Gasteiger partial charge in [0.25, 0.3) is 0 Å². The molecule has 0 aliphatic rings. The van der Waals surface area contributed by atoms with Gasteiger partial charge in [0.2, 0.25) is 0 Å². The predicted molar refractivity (Wildman–Crippen MR) is 113 cm³/mol. The summed E-state index contributed by atoms with van der Waals surface area (Å²) in [5, 5.41) is 0. The van der Waals surface area contributed by atoms with Crippen LogP contribution in [0, 0.1) is 11.8 Å². The molecule has 144 valence electrons. The number of hydrogen-bond donors (Lipinski definition) is 0. The number of allylic oxidation sites excluding steroid dienone is 6. The summed E-state index contributed by atoms with van der Waals surface area (Å²) in [4.78, 5) is 0. The Bertz CT molecular complexity index is 340. The second-order valence-corrected chi connectivity index (χ2v) is 6.95. The highest BCUT2D eigenvalue weighted by atomic mass is 16.5. The molecule has 2 unspecified atom stereocenters. The molecular formula is C24H42O. The second kappa shape index (κ2) is 19.1. The Morgan fingerprint density at radius 1 is 0.640 bits per heavy atom. The van der Waals surface area contributed by atoms with Crippen LogP contribution in [0.4, 0.5) is 0 Å². The molecule has 2 atom stereocenters. The molecule has 0 aliphatic carbocycles. The van der Waals surface area contributed by atoms with Crippen molar-refractivity contribution in [3.63, 3.8) is 0 Å². The Balaban J connectivity index is 3.83. The normalized spacial score (nSPS) is 15.0. The van der Waals surface area contributed by atoms with E-state index in [9.17, 15) is 0 Å². The summed E-state index contributed by atoms with van der Waals surface area (Å²) in [5.41, 5.74) is 0. The molecule has 0 aromatic heterocycles. The largest absolute Gasteiger partial charge is 0.473 e. The second-order valence-electron chi connectivity index (χ2n) is 6.95. The molecule has 0 saturated heterocycles. The summed E-state index contributed by atoms with van der Waals surface area (Å²) < 4.78 is 5.37. The predicted octanol–water partition coefficient (Wildman–Crippen LogP) is 8.36. The molecule has 0 saturated carbocycles. The van der Waals surface area contributed by atoms with Gasteiger partial charge < -0.3 is 4.74 Å². The van der Waals surface area contributed by atoms with Crippen molar-refractivity contribution in [2.24, 2.45) is 11.8 Å². The molecule has 0 radical (unpaired) electrons. The highest BCUT2D eigenvalue weighted by Gasteiger charge is 2.02. The van der Waals surface area contributed by atoms with Crippen LogP contribution in [0.25, 0.3) is 0 Å². The van der Waals surface area contributed by atoms with Gasteiger partial charge in [0.05, 0.1) is 12.5 Å². The zero-order valence-corrected chi connectivity index (χ0v) is 17.3. The standard InChI is InChI=1S/C24H42O/c1-5-9-17-23(7-3)19-13-11-15-21-25-22-16-12-14-20-24(8-4)18-10-6-2/h11-16,21-24H,5-10,17-20H2,1-4H3. The van der Waals surface area contributed by atoms with Crippen LogP contribution in [0.5, 0.6) is 0 Å². The van der Waals surface area contributed by atoms with Crippen molar-refractivity contribution in [2.45, 2.75) is 91.9 Å². The first-order chi connectivity index (χ1) is 12.3. The van der Waals surface area contributed by atoms with E-state index >= 15 is 0 Å². The smallest absolute Gasteiger partial charge is 0.0901 e. The maximum absolute atomic E-state index is 5.37. The van der Waals surface area contributed by atoms with Gasteiger partial charge in [-0.15, -0.1) is 0 Å². The van der Waals surface area contributed by atoms with E-state index < -0.39 is 0 Å². The van der Waals surface area contributed by atoms with E-state index in [-0.39, 0.29) is 0 Å². The number of ether oxygens (including phenoxy) is 1. The van der Waals surface area contributed by atoms with Crippen molar-refractivity contribution >= 4 is 0 Å². The zero-order chi connectivity index (χ0) is 18.6. The molecule has 0 amide bonds. The van der Waals surface area contributed by atoms with Crippen molar-refractivity contribution < 1.29 is 4.74 Å². The van der Waals surface area contributed by atoms with Gasteiger partial charge in [0, 0.05) is 0 Å². The molecule has 1 heteroatoms. The van der Waals surface area contributed by atoms with Gasteiger partial charge in [-0.05, 0) is 36.8 Å². The van der Waals surface area contributed by atoms with Crippen LogP contribution < -0.4 is 0 Å². The molecule has 0 spiro atoms. The van der Waals surface area contributed by atoms with Gasteiger partial charge in [0.1, 0.15) is 0 Å². The van der Waals surface area contributed by atoms with Crippen LogP contribution in [0.2, 0.25) is 0 Å². The number of hydrogen-bond acceptors (Lipinski definition) is 1. The lowest BCUT2D eigenvalue weighted by molar-refractivity contribution is 0.403. The maximum Gasteiger partial charge on any atom is 0.0901 e. The van der Waals surface area contributed by atoms with Crippen molar-refractivity contribution in [2.75, 3.05) is 0 Å². The minimum absolute atomic E-state index is 0.833. The molecule has 0 aliphatic heterocycles. The molecule has 25 heavy (non-hydrogen) atoms. The van der Waals surface area contributed by atoms with Crippen LogP contribution in [0.3, 0.4) is 0 Å². The van der Waals surface area contributed by atoms with Gasteiger partial charge in [0.15, 0.2) is 0 Å². The molecule has 0 bridgehead atoms. The first-order valence-corrected chi connectivity index (χ1v) is 10.6. The molecule has 0 N–H and O–H groups in total. The van der Waals surface area contributed by atoms with E-state index in [4.69, 9.17) is 4.74 Å². The lowest BCUT2D eigenvalue weighted by Gasteiger charge is -2.10. The Morgan fingerprint density at radius 3 is 1.44 bits per heavy atom. The van der Waals surface area contributed by atoms with Crippen LogP contribution in [0.1, 0.15) is 91.9 Å². The first kappa shape index (κ1) is 23.8. The molecule has 0 heterocycles. The monoisotopic (exact) mass is 346 g/mol. The highest BCUT2D eigenvalue weighted by molar-refractivity contribution is 5.03. The fourth-order valence-electron chi connectivity index (χ4n) is 2.89. The number of unbranched alkanes of at least 4 members (excludes halogenated alkanes) is 2. The van der Waals surface area contributed by atoms with E-state index in [0.717, 1.165) is 11.8 Å². The SMILES string of the molecule is CCCCC(CC)CC=CC=COC=CC=CCC(CC)CCCC. The zero-order valence-electron chi connectivity index (χ0n) is 17.3. The number of rotatable bonds is 16. The fraction of sp³-hybridized carbons (Fsp3) is 0.667. The Morgan fingerprint density at radius 2 is 1.08 bits per heavy atom. The first-order valence-electron chi connectivity index (χ1n) is 10.6. The Labute approximate surface area is 157 Å². The molecule has 0 aromatic rings. The molecule has 0 fully saturated rings. The lowest BCUT2D eigenvalue weighted by atomic mass is 9.96. The molecule has 0 rings (SSSR count). The summed E-state index contributed by atoms with van der Waals surface area (Å²) in [5.74, 6) is 1.67. The van der Waals surface area contributed by atoms with E-state index in [2.05, 4.69) is 52.0 Å². The van der Waals surface area contributed by atoms with E-state index in [0.29, 0.717) is 0 Å². The molecular weight excluding hydrogens is 304 g/mol. The van der Waals surface area contributed by atoms with Crippen molar-refractivity contribution in [1.29, 1.82) is 0 Å². The quantitative estimate of drug-likeness (QED) is 0.201. The molecule has 0 aromatic carbocycles. The minimum atomic E-state index is 0.833. The van der Waals surface area contributed by atoms with Crippen LogP contribution in [-0.4, -0.2) is 0 Å². The van der Waals surface area contributed by atoms with Gasteiger partial charge >= 0.3 is 0 Å². The van der Waals surface area contributed by atoms with Crippen molar-refractivity contribution in [3.05, 3.63) is 49.0 Å². The van der Waals surface area contributed by atoms with Crippen molar-refractivity contribution in [1.82, 2.24) is 0 Å². The van der Waals surface area contributed by atoms with E-state index in [1.165, 1.54) is 64.2 Å². The van der Waals surface area contributed by atoms with Crippen molar-refractivity contribution in [3.8, 4) is 0 Å². The summed E-state index contributed by atoms with van der Waals surface area (Å²) in [6.45, 7) is 9.11. The van der Waals surface area contributed by atoms with Crippen LogP contribution >= 0.6 is 0 Å². The maximum atomic E-state index is 5.37. The van der Waals surface area contributed by atoms with Gasteiger partial charge in [-0.2, -0.15) is 0 Å². The summed E-state index contributed by atoms with van der Waals surface area (Å²) >= 11 is 0. The van der Waals surface area contributed by atoms with Crippen LogP contribution in [0.15, 0.2) is 49.0 Å². The summed E-state index contributed by atoms with van der Waals surface area (Å²) in [7, 11) is 0. The Hall–Kier alpha value is -1.24.